The number of allylic oxidation sites excluding steroid dienone is 3. The summed E-state index contributed by atoms with van der Waals surface area (Å²) in [7, 11) is 1.31. The predicted molar refractivity (Wildman–Crippen MR) is 121 cm³/mol. The van der Waals surface area contributed by atoms with Crippen LogP contribution in [0.5, 0.6) is 0 Å². The standard InChI is InChI=1S/C26H34O7/c1-6-7-8-20-21(11-9-19(32-17(3)27)10-12-23(30)31-5)26-22(29)13-14-25(26,33-18(4)28)15-16(2)24(20)26/h9,11,13-15,19-21,24H,6-8,10,12H2,1-5H3/b11-9+/t19-,20-,21+,24+,25+,26+/m0/s1. The Morgan fingerprint density at radius 2 is 1.94 bits per heavy atom. The number of ketones is 1. The highest BCUT2D eigenvalue weighted by atomic mass is 16.6. The van der Waals surface area contributed by atoms with Crippen LogP contribution in [-0.2, 0) is 33.4 Å². The first-order chi connectivity index (χ1) is 15.6. The van der Waals surface area contributed by atoms with Gasteiger partial charge in [0.05, 0.1) is 12.5 Å². The molecule has 1 spiro atoms. The molecule has 1 fully saturated rings. The number of hydrogen-bond donors (Lipinski definition) is 0. The minimum absolute atomic E-state index is 0.0113. The molecule has 3 aliphatic carbocycles. The van der Waals surface area contributed by atoms with E-state index >= 15 is 0 Å². The van der Waals surface area contributed by atoms with E-state index in [2.05, 4.69) is 6.92 Å². The summed E-state index contributed by atoms with van der Waals surface area (Å²) >= 11 is 0. The molecule has 0 N–H and O–H groups in total. The van der Waals surface area contributed by atoms with Crippen molar-refractivity contribution in [3.8, 4) is 0 Å². The molecule has 0 heterocycles. The number of ether oxygens (including phenoxy) is 3. The van der Waals surface area contributed by atoms with Crippen LogP contribution in [0, 0.1) is 23.2 Å². The van der Waals surface area contributed by atoms with E-state index in [0.29, 0.717) is 0 Å². The molecular formula is C26H34O7. The van der Waals surface area contributed by atoms with Crippen LogP contribution in [-0.4, -0.2) is 42.5 Å². The second-order valence-corrected chi connectivity index (χ2v) is 9.30. The molecule has 3 aliphatic rings. The van der Waals surface area contributed by atoms with Gasteiger partial charge < -0.3 is 14.2 Å². The molecule has 3 rings (SSSR count). The maximum absolute atomic E-state index is 13.4. The quantitative estimate of drug-likeness (QED) is 0.279. The molecule has 0 aromatic rings. The Kier molecular flexibility index (Phi) is 7.29. The van der Waals surface area contributed by atoms with Gasteiger partial charge in [-0.3, -0.25) is 19.2 Å². The van der Waals surface area contributed by atoms with Crippen molar-refractivity contribution < 1.29 is 33.4 Å². The lowest BCUT2D eigenvalue weighted by atomic mass is 9.42. The van der Waals surface area contributed by atoms with Gasteiger partial charge in [0.1, 0.15) is 6.10 Å². The molecule has 0 radical (unpaired) electrons. The van der Waals surface area contributed by atoms with E-state index in [1.165, 1.54) is 27.0 Å². The number of methoxy groups -OCH3 is 1. The van der Waals surface area contributed by atoms with Gasteiger partial charge in [0, 0.05) is 26.2 Å². The Balaban J connectivity index is 1.96. The first-order valence-corrected chi connectivity index (χ1v) is 11.7. The van der Waals surface area contributed by atoms with Gasteiger partial charge in [-0.2, -0.15) is 0 Å². The van der Waals surface area contributed by atoms with E-state index in [9.17, 15) is 19.2 Å². The number of carbonyl (C=O) groups excluding carboxylic acids is 4. The molecule has 1 saturated carbocycles. The van der Waals surface area contributed by atoms with Crippen molar-refractivity contribution in [1.82, 2.24) is 0 Å². The third-order valence-electron chi connectivity index (χ3n) is 7.29. The smallest absolute Gasteiger partial charge is 0.305 e. The van der Waals surface area contributed by atoms with E-state index in [1.54, 1.807) is 12.2 Å². The third kappa shape index (κ3) is 4.18. The fraction of sp³-hybridized carbons (Fsp3) is 0.615. The van der Waals surface area contributed by atoms with Crippen LogP contribution in [0.15, 0.2) is 36.0 Å². The maximum Gasteiger partial charge on any atom is 0.305 e. The summed E-state index contributed by atoms with van der Waals surface area (Å²) in [6.45, 7) is 6.82. The number of unbranched alkanes of at least 4 members (excludes halogenated alkanes) is 1. The first kappa shape index (κ1) is 24.9. The fourth-order valence-electron chi connectivity index (χ4n) is 6.23. The Morgan fingerprint density at radius 1 is 1.21 bits per heavy atom. The molecule has 7 heteroatoms. The predicted octanol–water partition coefficient (Wildman–Crippen LogP) is 3.87. The lowest BCUT2D eigenvalue weighted by Gasteiger charge is -2.60. The van der Waals surface area contributed by atoms with E-state index in [0.717, 1.165) is 24.8 Å². The first-order valence-electron chi connectivity index (χ1n) is 11.7. The van der Waals surface area contributed by atoms with Crippen molar-refractivity contribution in [2.75, 3.05) is 7.11 Å². The summed E-state index contributed by atoms with van der Waals surface area (Å²) in [6.07, 6.45) is 11.7. The molecule has 0 amide bonds. The molecule has 7 nitrogen and oxygen atoms in total. The molecule has 33 heavy (non-hydrogen) atoms. The summed E-state index contributed by atoms with van der Waals surface area (Å²) in [5.74, 6) is -1.31. The van der Waals surface area contributed by atoms with Gasteiger partial charge in [-0.05, 0) is 55.9 Å². The van der Waals surface area contributed by atoms with Crippen LogP contribution in [0.2, 0.25) is 0 Å². The Bertz CT molecular complexity index is 914. The maximum atomic E-state index is 13.4. The lowest BCUT2D eigenvalue weighted by molar-refractivity contribution is -0.189. The Morgan fingerprint density at radius 3 is 2.55 bits per heavy atom. The topological polar surface area (TPSA) is 96.0 Å². The fourth-order valence-corrected chi connectivity index (χ4v) is 6.23. The summed E-state index contributed by atoms with van der Waals surface area (Å²) in [5.41, 5.74) is -0.923. The van der Waals surface area contributed by atoms with Gasteiger partial charge in [0.25, 0.3) is 0 Å². The number of rotatable bonds is 10. The molecular weight excluding hydrogens is 424 g/mol. The molecule has 0 aliphatic heterocycles. The highest BCUT2D eigenvalue weighted by molar-refractivity contribution is 6.03. The summed E-state index contributed by atoms with van der Waals surface area (Å²) in [5, 5.41) is 0. The monoisotopic (exact) mass is 458 g/mol. The third-order valence-corrected chi connectivity index (χ3v) is 7.29. The second kappa shape index (κ2) is 9.65. The largest absolute Gasteiger partial charge is 0.469 e. The van der Waals surface area contributed by atoms with Crippen LogP contribution in [0.3, 0.4) is 0 Å². The lowest BCUT2D eigenvalue weighted by Crippen LogP contribution is -2.66. The van der Waals surface area contributed by atoms with Gasteiger partial charge in [0.15, 0.2) is 11.4 Å². The average molecular weight is 459 g/mol. The number of carbonyl (C=O) groups is 4. The number of esters is 3. The van der Waals surface area contributed by atoms with E-state index in [4.69, 9.17) is 14.2 Å². The highest BCUT2D eigenvalue weighted by Gasteiger charge is 2.78. The molecule has 180 valence electrons. The van der Waals surface area contributed by atoms with Crippen LogP contribution < -0.4 is 0 Å². The summed E-state index contributed by atoms with van der Waals surface area (Å²) in [6, 6.07) is 0. The van der Waals surface area contributed by atoms with Crippen molar-refractivity contribution in [3.63, 3.8) is 0 Å². The molecule has 0 bridgehead atoms. The van der Waals surface area contributed by atoms with Crippen molar-refractivity contribution >= 4 is 23.7 Å². The van der Waals surface area contributed by atoms with Gasteiger partial charge in [-0.15, -0.1) is 0 Å². The van der Waals surface area contributed by atoms with Crippen molar-refractivity contribution in [3.05, 3.63) is 36.0 Å². The Hall–Kier alpha value is -2.70. The second-order valence-electron chi connectivity index (χ2n) is 9.30. The minimum atomic E-state index is -1.09. The van der Waals surface area contributed by atoms with Crippen LogP contribution >= 0.6 is 0 Å². The van der Waals surface area contributed by atoms with E-state index in [1.807, 2.05) is 19.1 Å². The molecule has 0 aromatic heterocycles. The molecule has 6 atom stereocenters. The molecule has 0 aromatic carbocycles. The normalized spacial score (nSPS) is 32.6. The van der Waals surface area contributed by atoms with Crippen LogP contribution in [0.1, 0.15) is 59.8 Å². The van der Waals surface area contributed by atoms with Crippen molar-refractivity contribution in [1.29, 1.82) is 0 Å². The zero-order valence-electron chi connectivity index (χ0n) is 20.1. The van der Waals surface area contributed by atoms with Crippen LogP contribution in [0.4, 0.5) is 0 Å². The SMILES string of the molecule is CCCC[C@H]1[C@@H](/C=C/[C@@H](CCC(=O)OC)OC(C)=O)[C@]23C(=O)C=C[C@@]2(OC(C)=O)C=C(C)[C@H]13. The van der Waals surface area contributed by atoms with E-state index < -0.39 is 29.1 Å². The summed E-state index contributed by atoms with van der Waals surface area (Å²) < 4.78 is 15.9. The van der Waals surface area contributed by atoms with Crippen molar-refractivity contribution in [2.24, 2.45) is 23.2 Å². The highest BCUT2D eigenvalue weighted by Crippen LogP contribution is 2.73. The molecule has 0 saturated heterocycles. The zero-order valence-corrected chi connectivity index (χ0v) is 20.1. The minimum Gasteiger partial charge on any atom is -0.469 e. The van der Waals surface area contributed by atoms with Crippen LogP contribution in [0.25, 0.3) is 0 Å². The van der Waals surface area contributed by atoms with Gasteiger partial charge in [-0.1, -0.05) is 31.4 Å². The van der Waals surface area contributed by atoms with Gasteiger partial charge in [0.2, 0.25) is 0 Å². The Labute approximate surface area is 195 Å². The zero-order chi connectivity index (χ0) is 24.4. The number of hydrogen-bond acceptors (Lipinski definition) is 7. The average Bonchev–Trinajstić information content (AvgIpc) is 3.12. The summed E-state index contributed by atoms with van der Waals surface area (Å²) in [4.78, 5) is 48.7. The van der Waals surface area contributed by atoms with Gasteiger partial charge in [-0.25, -0.2) is 0 Å². The van der Waals surface area contributed by atoms with E-state index in [-0.39, 0.29) is 42.3 Å². The van der Waals surface area contributed by atoms with Gasteiger partial charge >= 0.3 is 17.9 Å². The molecule has 0 unspecified atom stereocenters. The van der Waals surface area contributed by atoms with Crippen molar-refractivity contribution in [2.45, 2.75) is 71.5 Å².